The third kappa shape index (κ3) is 3.99. The predicted octanol–water partition coefficient (Wildman–Crippen LogP) is 3.42. The number of hydrogen-bond acceptors (Lipinski definition) is 7. The second kappa shape index (κ2) is 6.83. The topological polar surface area (TPSA) is 109 Å². The van der Waals surface area contributed by atoms with Gasteiger partial charge in [-0.2, -0.15) is 0 Å². The molecule has 8 heteroatoms. The van der Waals surface area contributed by atoms with E-state index in [0.717, 1.165) is 0 Å². The largest absolute Gasteiger partial charge is 0.514 e. The average molecular weight is 341 g/mol. The van der Waals surface area contributed by atoms with Gasteiger partial charge in [0.25, 0.3) is 5.69 Å². The molecule has 0 atom stereocenters. The van der Waals surface area contributed by atoms with Gasteiger partial charge in [0.2, 0.25) is 0 Å². The number of hydrogen-bond donors (Lipinski definition) is 0. The maximum absolute atomic E-state index is 11.7. The van der Waals surface area contributed by atoms with Gasteiger partial charge in [0.1, 0.15) is 17.9 Å². The normalized spacial score (nSPS) is 10.4. The summed E-state index contributed by atoms with van der Waals surface area (Å²) in [7, 11) is 0. The van der Waals surface area contributed by atoms with Crippen LogP contribution in [0.3, 0.4) is 0 Å². The highest BCUT2D eigenvalue weighted by molar-refractivity contribution is 5.78. The molecule has 0 unspecified atom stereocenters. The average Bonchev–Trinajstić information content (AvgIpc) is 2.60. The van der Waals surface area contributed by atoms with Gasteiger partial charge in [-0.3, -0.25) is 10.1 Å². The zero-order valence-corrected chi connectivity index (χ0v) is 12.7. The molecule has 3 rings (SSSR count). The van der Waals surface area contributed by atoms with E-state index in [1.807, 2.05) is 0 Å². The van der Waals surface area contributed by atoms with E-state index in [-0.39, 0.29) is 23.6 Å². The van der Waals surface area contributed by atoms with Crippen molar-refractivity contribution < 1.29 is 23.6 Å². The van der Waals surface area contributed by atoms with Gasteiger partial charge in [-0.15, -0.1) is 0 Å². The highest BCUT2D eigenvalue weighted by atomic mass is 16.7. The summed E-state index contributed by atoms with van der Waals surface area (Å²) in [5, 5.41) is 11.3. The van der Waals surface area contributed by atoms with E-state index >= 15 is 0 Å². The number of carbonyl (C=O) groups is 1. The van der Waals surface area contributed by atoms with Crippen molar-refractivity contribution in [2.75, 3.05) is 0 Å². The fourth-order valence-corrected chi connectivity index (χ4v) is 2.09. The van der Waals surface area contributed by atoms with E-state index in [0.29, 0.717) is 10.9 Å². The summed E-state index contributed by atoms with van der Waals surface area (Å²) in [6, 6.07) is 13.1. The predicted molar refractivity (Wildman–Crippen MR) is 86.4 cm³/mol. The second-order valence-corrected chi connectivity index (χ2v) is 5.02. The summed E-state index contributed by atoms with van der Waals surface area (Å²) in [5.41, 5.74) is 0.301. The van der Waals surface area contributed by atoms with Crippen LogP contribution in [-0.4, -0.2) is 11.1 Å². The summed E-state index contributed by atoms with van der Waals surface area (Å²) >= 11 is 0. The molecule has 1 heterocycles. The van der Waals surface area contributed by atoms with Gasteiger partial charge in [-0.25, -0.2) is 9.59 Å². The van der Waals surface area contributed by atoms with Crippen LogP contribution in [0.1, 0.15) is 5.56 Å². The first-order valence-electron chi connectivity index (χ1n) is 7.13. The van der Waals surface area contributed by atoms with E-state index in [9.17, 15) is 19.7 Å². The number of nitrogens with zero attached hydrogens (tertiary/aromatic N) is 1. The van der Waals surface area contributed by atoms with E-state index in [1.165, 1.54) is 42.5 Å². The smallest absolute Gasteiger partial charge is 0.429 e. The van der Waals surface area contributed by atoms with Crippen LogP contribution in [0.5, 0.6) is 5.75 Å². The SMILES string of the molecule is O=C(OCc1ccc([N+](=O)[O-])cc1)Oc1ccc2ccc(=O)oc2c1. The lowest BCUT2D eigenvalue weighted by Crippen LogP contribution is -2.10. The van der Waals surface area contributed by atoms with Crippen LogP contribution in [0.15, 0.2) is 63.8 Å². The van der Waals surface area contributed by atoms with E-state index < -0.39 is 16.7 Å². The Hall–Kier alpha value is -3.68. The molecule has 0 bridgehead atoms. The number of nitro benzene ring substituents is 1. The summed E-state index contributed by atoms with van der Waals surface area (Å²) in [5.74, 6) is 0.163. The van der Waals surface area contributed by atoms with Crippen LogP contribution in [0.4, 0.5) is 10.5 Å². The Bertz CT molecular complexity index is 992. The molecule has 25 heavy (non-hydrogen) atoms. The maximum Gasteiger partial charge on any atom is 0.514 e. The molecule has 0 N–H and O–H groups in total. The second-order valence-electron chi connectivity index (χ2n) is 5.02. The number of carbonyl (C=O) groups excluding carboxylic acids is 1. The molecule has 2 aromatic carbocycles. The first kappa shape index (κ1) is 16.2. The number of benzene rings is 2. The van der Waals surface area contributed by atoms with Gasteiger partial charge in [-0.05, 0) is 35.9 Å². The molecule has 0 amide bonds. The summed E-state index contributed by atoms with van der Waals surface area (Å²) in [6.07, 6.45) is -0.948. The molecule has 0 aliphatic rings. The molecular weight excluding hydrogens is 330 g/mol. The molecule has 0 fully saturated rings. The van der Waals surface area contributed by atoms with Crippen molar-refractivity contribution >= 4 is 22.8 Å². The lowest BCUT2D eigenvalue weighted by atomic mass is 10.2. The van der Waals surface area contributed by atoms with Crippen LogP contribution in [0.25, 0.3) is 11.0 Å². The third-order valence-electron chi connectivity index (χ3n) is 3.30. The van der Waals surface area contributed by atoms with Crippen LogP contribution < -0.4 is 10.4 Å². The molecule has 126 valence electrons. The van der Waals surface area contributed by atoms with E-state index in [2.05, 4.69) is 0 Å². The highest BCUT2D eigenvalue weighted by Crippen LogP contribution is 2.20. The molecule has 0 spiro atoms. The standard InChI is InChI=1S/C17H11NO7/c19-16-8-4-12-3-7-14(9-15(12)25-16)24-17(20)23-10-11-1-5-13(6-2-11)18(21)22/h1-9H,10H2. The van der Waals surface area contributed by atoms with Gasteiger partial charge in [-0.1, -0.05) is 0 Å². The Morgan fingerprint density at radius 3 is 2.52 bits per heavy atom. The number of rotatable bonds is 4. The highest BCUT2D eigenvalue weighted by Gasteiger charge is 2.09. The zero-order chi connectivity index (χ0) is 17.8. The monoisotopic (exact) mass is 341 g/mol. The van der Waals surface area contributed by atoms with Gasteiger partial charge in [0, 0.05) is 29.7 Å². The molecular formula is C17H11NO7. The van der Waals surface area contributed by atoms with Crippen LogP contribution in [-0.2, 0) is 11.3 Å². The van der Waals surface area contributed by atoms with Gasteiger partial charge < -0.3 is 13.9 Å². The number of fused-ring (bicyclic) bond motifs is 1. The van der Waals surface area contributed by atoms with Gasteiger partial charge in [0.05, 0.1) is 4.92 Å². The fourth-order valence-electron chi connectivity index (χ4n) is 2.09. The molecule has 0 aliphatic carbocycles. The first-order chi connectivity index (χ1) is 12.0. The summed E-state index contributed by atoms with van der Waals surface area (Å²) in [6.45, 7) is -0.0977. The van der Waals surface area contributed by atoms with E-state index in [4.69, 9.17) is 13.9 Å². The minimum Gasteiger partial charge on any atom is -0.429 e. The van der Waals surface area contributed by atoms with Crippen molar-refractivity contribution in [3.63, 3.8) is 0 Å². The van der Waals surface area contributed by atoms with Gasteiger partial charge in [0.15, 0.2) is 0 Å². The quantitative estimate of drug-likeness (QED) is 0.235. The van der Waals surface area contributed by atoms with Crippen molar-refractivity contribution in [1.82, 2.24) is 0 Å². The summed E-state index contributed by atoms with van der Waals surface area (Å²) < 4.78 is 15.0. The van der Waals surface area contributed by atoms with Crippen molar-refractivity contribution in [1.29, 1.82) is 0 Å². The molecule has 8 nitrogen and oxygen atoms in total. The van der Waals surface area contributed by atoms with Crippen molar-refractivity contribution in [2.45, 2.75) is 6.61 Å². The Morgan fingerprint density at radius 1 is 1.08 bits per heavy atom. The van der Waals surface area contributed by atoms with Crippen LogP contribution >= 0.6 is 0 Å². The van der Waals surface area contributed by atoms with Crippen molar-refractivity contribution in [3.8, 4) is 5.75 Å². The molecule has 0 aliphatic heterocycles. The number of nitro groups is 1. The molecule has 3 aromatic rings. The number of ether oxygens (including phenoxy) is 2. The lowest BCUT2D eigenvalue weighted by molar-refractivity contribution is -0.384. The summed E-state index contributed by atoms with van der Waals surface area (Å²) in [4.78, 5) is 33.0. The van der Waals surface area contributed by atoms with Gasteiger partial charge >= 0.3 is 11.8 Å². The number of non-ortho nitro benzene ring substituents is 1. The van der Waals surface area contributed by atoms with Crippen LogP contribution in [0.2, 0.25) is 0 Å². The molecule has 0 saturated carbocycles. The Balaban J connectivity index is 1.62. The lowest BCUT2D eigenvalue weighted by Gasteiger charge is -2.06. The minimum absolute atomic E-state index is 0.0519. The minimum atomic E-state index is -0.948. The Morgan fingerprint density at radius 2 is 1.80 bits per heavy atom. The van der Waals surface area contributed by atoms with Crippen molar-refractivity contribution in [3.05, 3.63) is 80.7 Å². The first-order valence-corrected chi connectivity index (χ1v) is 7.13. The molecule has 1 aromatic heterocycles. The third-order valence-corrected chi connectivity index (χ3v) is 3.30. The fraction of sp³-hybridized carbons (Fsp3) is 0.0588. The Kier molecular flexibility index (Phi) is 4.42. The molecule has 0 radical (unpaired) electrons. The molecule has 0 saturated heterocycles. The van der Waals surface area contributed by atoms with E-state index in [1.54, 1.807) is 12.1 Å². The Labute approximate surface area is 140 Å². The van der Waals surface area contributed by atoms with Crippen molar-refractivity contribution in [2.24, 2.45) is 0 Å². The van der Waals surface area contributed by atoms with Crippen LogP contribution in [0, 0.1) is 10.1 Å². The maximum atomic E-state index is 11.7. The zero-order valence-electron chi connectivity index (χ0n) is 12.7.